The first-order valence-electron chi connectivity index (χ1n) is 8.71. The maximum absolute atomic E-state index is 13.5. The summed E-state index contributed by atoms with van der Waals surface area (Å²) in [4.78, 5) is 13.5. The molecule has 0 saturated carbocycles. The summed E-state index contributed by atoms with van der Waals surface area (Å²) in [5.74, 6) is 0.367. The van der Waals surface area contributed by atoms with Crippen LogP contribution in [0.15, 0.2) is 59.4 Å². The third-order valence-electron chi connectivity index (χ3n) is 5.22. The highest BCUT2D eigenvalue weighted by molar-refractivity contribution is 5.88. The van der Waals surface area contributed by atoms with Crippen molar-refractivity contribution in [3.05, 3.63) is 70.5 Å². The first kappa shape index (κ1) is 15.9. The first-order valence-corrected chi connectivity index (χ1v) is 8.71. The third-order valence-corrected chi connectivity index (χ3v) is 5.22. The normalized spacial score (nSPS) is 22.4. The van der Waals surface area contributed by atoms with E-state index in [2.05, 4.69) is 0 Å². The lowest BCUT2D eigenvalue weighted by molar-refractivity contribution is -0.0767. The van der Waals surface area contributed by atoms with Crippen LogP contribution in [-0.2, 0) is 0 Å². The molecule has 3 unspecified atom stereocenters. The molecule has 4 heteroatoms. The van der Waals surface area contributed by atoms with Crippen molar-refractivity contribution in [3.63, 3.8) is 0 Å². The summed E-state index contributed by atoms with van der Waals surface area (Å²) in [6.45, 7) is 3.98. The molecule has 0 spiro atoms. The van der Waals surface area contributed by atoms with Gasteiger partial charge in [-0.15, -0.1) is 0 Å². The van der Waals surface area contributed by atoms with Gasteiger partial charge in [-0.2, -0.15) is 0 Å². The van der Waals surface area contributed by atoms with Crippen LogP contribution in [0.2, 0.25) is 0 Å². The largest absolute Gasteiger partial charge is 0.464 e. The first-order chi connectivity index (χ1) is 12.1. The van der Waals surface area contributed by atoms with E-state index in [0.717, 1.165) is 23.0 Å². The van der Waals surface area contributed by atoms with Gasteiger partial charge in [-0.3, -0.25) is 9.36 Å². The SMILES string of the molecule is CCC1c2c(c3ccccc3n(-c3ccccc3)c2=O)OC(O)C1C. The molecule has 1 N–H and O–H groups in total. The highest BCUT2D eigenvalue weighted by atomic mass is 16.6. The summed E-state index contributed by atoms with van der Waals surface area (Å²) in [6.07, 6.45) is -0.121. The Morgan fingerprint density at radius 3 is 2.48 bits per heavy atom. The van der Waals surface area contributed by atoms with Gasteiger partial charge in [-0.25, -0.2) is 0 Å². The molecule has 0 radical (unpaired) electrons. The lowest BCUT2D eigenvalue weighted by atomic mass is 9.82. The van der Waals surface area contributed by atoms with Crippen LogP contribution >= 0.6 is 0 Å². The number of hydrogen-bond donors (Lipinski definition) is 1. The van der Waals surface area contributed by atoms with Crippen molar-refractivity contribution in [1.82, 2.24) is 4.57 Å². The van der Waals surface area contributed by atoms with Gasteiger partial charge in [0, 0.05) is 22.9 Å². The Balaban J connectivity index is 2.14. The highest BCUT2D eigenvalue weighted by Gasteiger charge is 2.37. The number of pyridine rings is 1. The number of aromatic nitrogens is 1. The van der Waals surface area contributed by atoms with Gasteiger partial charge in [-0.1, -0.05) is 44.2 Å². The number of ether oxygens (including phenoxy) is 1. The predicted octanol–water partition coefficient (Wildman–Crippen LogP) is 3.83. The van der Waals surface area contributed by atoms with Crippen molar-refractivity contribution >= 4 is 10.9 Å². The molecule has 4 rings (SSSR count). The Morgan fingerprint density at radius 1 is 1.08 bits per heavy atom. The van der Waals surface area contributed by atoms with Gasteiger partial charge in [0.05, 0.1) is 11.1 Å². The Morgan fingerprint density at radius 2 is 1.76 bits per heavy atom. The van der Waals surface area contributed by atoms with Crippen molar-refractivity contribution in [2.24, 2.45) is 5.92 Å². The smallest absolute Gasteiger partial charge is 0.262 e. The van der Waals surface area contributed by atoms with E-state index in [1.165, 1.54) is 0 Å². The number of hydrogen-bond acceptors (Lipinski definition) is 3. The molecule has 25 heavy (non-hydrogen) atoms. The molecule has 128 valence electrons. The summed E-state index contributed by atoms with van der Waals surface area (Å²) >= 11 is 0. The van der Waals surface area contributed by atoms with Crippen molar-refractivity contribution in [1.29, 1.82) is 0 Å². The number of aliphatic hydroxyl groups excluding tert-OH is 1. The molecule has 2 heterocycles. The molecule has 0 saturated heterocycles. The Kier molecular flexibility index (Phi) is 3.85. The quantitative estimate of drug-likeness (QED) is 0.774. The molecule has 4 nitrogen and oxygen atoms in total. The Hall–Kier alpha value is -2.59. The second-order valence-electron chi connectivity index (χ2n) is 6.62. The number of rotatable bonds is 2. The topological polar surface area (TPSA) is 51.5 Å². The van der Waals surface area contributed by atoms with E-state index in [0.29, 0.717) is 11.3 Å². The molecular formula is C21H21NO3. The lowest BCUT2D eigenvalue weighted by Gasteiger charge is -2.35. The second-order valence-corrected chi connectivity index (χ2v) is 6.62. The molecule has 0 fully saturated rings. The number of benzene rings is 2. The maximum Gasteiger partial charge on any atom is 0.262 e. The van der Waals surface area contributed by atoms with E-state index in [1.807, 2.05) is 68.4 Å². The highest BCUT2D eigenvalue weighted by Crippen LogP contribution is 2.43. The van der Waals surface area contributed by atoms with Crippen LogP contribution in [0.5, 0.6) is 5.75 Å². The van der Waals surface area contributed by atoms with E-state index >= 15 is 0 Å². The van der Waals surface area contributed by atoms with E-state index < -0.39 is 6.29 Å². The van der Waals surface area contributed by atoms with Gasteiger partial charge in [0.1, 0.15) is 5.75 Å². The van der Waals surface area contributed by atoms with Crippen molar-refractivity contribution < 1.29 is 9.84 Å². The average Bonchev–Trinajstić information content (AvgIpc) is 2.64. The van der Waals surface area contributed by atoms with Gasteiger partial charge >= 0.3 is 0 Å². The minimum absolute atomic E-state index is 0.0363. The zero-order chi connectivity index (χ0) is 17.6. The molecule has 2 aromatic carbocycles. The Labute approximate surface area is 146 Å². The van der Waals surface area contributed by atoms with Gasteiger partial charge < -0.3 is 9.84 Å². The fourth-order valence-corrected chi connectivity index (χ4v) is 3.89. The molecule has 0 amide bonds. The minimum atomic E-state index is -0.896. The molecular weight excluding hydrogens is 314 g/mol. The van der Waals surface area contributed by atoms with Crippen LogP contribution in [-0.4, -0.2) is 16.0 Å². The molecule has 3 atom stereocenters. The van der Waals surface area contributed by atoms with Gasteiger partial charge in [-0.05, 0) is 30.7 Å². The monoisotopic (exact) mass is 335 g/mol. The zero-order valence-corrected chi connectivity index (χ0v) is 14.3. The van der Waals surface area contributed by atoms with E-state index in [4.69, 9.17) is 4.74 Å². The van der Waals surface area contributed by atoms with Crippen LogP contribution in [0, 0.1) is 5.92 Å². The fourth-order valence-electron chi connectivity index (χ4n) is 3.89. The number of fused-ring (bicyclic) bond motifs is 3. The van der Waals surface area contributed by atoms with Crippen LogP contribution in [0.25, 0.3) is 16.6 Å². The van der Waals surface area contributed by atoms with E-state index in [9.17, 15) is 9.90 Å². The fraction of sp³-hybridized carbons (Fsp3) is 0.286. The molecule has 1 aliphatic heterocycles. The number of nitrogens with zero attached hydrogens (tertiary/aromatic N) is 1. The standard InChI is InChI=1S/C21H21NO3/c1-3-15-13(2)21(24)25-19-16-11-7-8-12-17(16)22(20(23)18(15)19)14-9-5-4-6-10-14/h4-13,15,21,24H,3H2,1-2H3. The molecule has 3 aromatic rings. The van der Waals surface area contributed by atoms with Gasteiger partial charge in [0.2, 0.25) is 6.29 Å². The summed E-state index contributed by atoms with van der Waals surface area (Å²) in [5, 5.41) is 11.2. The van der Waals surface area contributed by atoms with Crippen LogP contribution in [0.1, 0.15) is 31.7 Å². The van der Waals surface area contributed by atoms with Gasteiger partial charge in [0.25, 0.3) is 5.56 Å². The third kappa shape index (κ3) is 2.36. The molecule has 0 bridgehead atoms. The lowest BCUT2D eigenvalue weighted by Crippen LogP contribution is -2.39. The van der Waals surface area contributed by atoms with E-state index in [-0.39, 0.29) is 17.4 Å². The number of aliphatic hydroxyl groups is 1. The van der Waals surface area contributed by atoms with Gasteiger partial charge in [0.15, 0.2) is 0 Å². The van der Waals surface area contributed by atoms with Crippen molar-refractivity contribution in [2.75, 3.05) is 0 Å². The summed E-state index contributed by atoms with van der Waals surface area (Å²) < 4.78 is 7.56. The van der Waals surface area contributed by atoms with Crippen molar-refractivity contribution in [3.8, 4) is 11.4 Å². The minimum Gasteiger partial charge on any atom is -0.464 e. The van der Waals surface area contributed by atoms with Crippen LogP contribution in [0.4, 0.5) is 0 Å². The van der Waals surface area contributed by atoms with E-state index in [1.54, 1.807) is 4.57 Å². The molecule has 0 aliphatic carbocycles. The molecule has 1 aliphatic rings. The second kappa shape index (κ2) is 6.05. The Bertz CT molecular complexity index is 978. The zero-order valence-electron chi connectivity index (χ0n) is 14.3. The maximum atomic E-state index is 13.5. The summed E-state index contributed by atoms with van der Waals surface area (Å²) in [5.41, 5.74) is 2.22. The van der Waals surface area contributed by atoms with Crippen LogP contribution in [0.3, 0.4) is 0 Å². The average molecular weight is 335 g/mol. The van der Waals surface area contributed by atoms with Crippen LogP contribution < -0.4 is 10.3 Å². The number of para-hydroxylation sites is 2. The summed E-state index contributed by atoms with van der Waals surface area (Å²) in [7, 11) is 0. The predicted molar refractivity (Wildman–Crippen MR) is 98.4 cm³/mol. The molecule has 1 aromatic heterocycles. The summed E-state index contributed by atoms with van der Waals surface area (Å²) in [6, 6.07) is 17.4. The van der Waals surface area contributed by atoms with Crippen molar-refractivity contribution in [2.45, 2.75) is 32.5 Å².